The Morgan fingerprint density at radius 1 is 1.09 bits per heavy atom. The van der Waals surface area contributed by atoms with Gasteiger partial charge in [-0.1, -0.05) is 50.2 Å². The largest absolute Gasteiger partial charge is 0.344 e. The highest BCUT2D eigenvalue weighted by Crippen LogP contribution is 2.24. The number of nitrogens with zero attached hydrogens (tertiary/aromatic N) is 2. The first-order valence-corrected chi connectivity index (χ1v) is 12.6. The molecule has 4 amide bonds. The fourth-order valence-corrected chi connectivity index (χ4v) is 5.59. The molecule has 0 unspecified atom stereocenters. The molecule has 0 bridgehead atoms. The average Bonchev–Trinajstić information content (AvgIpc) is 3.02. The summed E-state index contributed by atoms with van der Waals surface area (Å²) < 4.78 is 27.3. The summed E-state index contributed by atoms with van der Waals surface area (Å²) in [5.41, 5.74) is 2.69. The van der Waals surface area contributed by atoms with Gasteiger partial charge in [0.1, 0.15) is 5.54 Å². The molecule has 1 aliphatic heterocycles. The number of benzene rings is 2. The lowest BCUT2D eigenvalue weighted by molar-refractivity contribution is -0.132. The molecule has 182 valence electrons. The van der Waals surface area contributed by atoms with Crippen molar-refractivity contribution in [1.82, 2.24) is 20.1 Å². The minimum atomic E-state index is -3.80. The molecule has 2 aromatic rings. The van der Waals surface area contributed by atoms with Crippen LogP contribution in [0.15, 0.2) is 53.4 Å². The molecule has 34 heavy (non-hydrogen) atoms. The van der Waals surface area contributed by atoms with E-state index < -0.39 is 33.4 Å². The molecule has 2 N–H and O–H groups in total. The monoisotopic (exact) mass is 486 g/mol. The normalized spacial score (nSPS) is 18.3. The average molecular weight is 487 g/mol. The number of aryl methyl sites for hydroxylation is 2. The van der Waals surface area contributed by atoms with E-state index in [1.165, 1.54) is 22.5 Å². The van der Waals surface area contributed by atoms with Gasteiger partial charge in [-0.05, 0) is 49.9 Å². The number of carbonyl (C=O) groups is 3. The van der Waals surface area contributed by atoms with Crippen LogP contribution >= 0.6 is 0 Å². The number of hydrogen-bond acceptors (Lipinski definition) is 5. The predicted molar refractivity (Wildman–Crippen MR) is 127 cm³/mol. The summed E-state index contributed by atoms with van der Waals surface area (Å²) in [6.07, 6.45) is 0.917. The third-order valence-corrected chi connectivity index (χ3v) is 8.20. The van der Waals surface area contributed by atoms with Crippen LogP contribution in [0.4, 0.5) is 4.79 Å². The van der Waals surface area contributed by atoms with Gasteiger partial charge in [0.15, 0.2) is 0 Å². The Bertz CT molecular complexity index is 1200. The molecule has 0 saturated carbocycles. The third-order valence-electron chi connectivity index (χ3n) is 6.00. The summed E-state index contributed by atoms with van der Waals surface area (Å²) >= 11 is 0. The number of sulfonamides is 1. The highest BCUT2D eigenvalue weighted by atomic mass is 32.2. The molecule has 1 fully saturated rings. The maximum absolute atomic E-state index is 13.0. The van der Waals surface area contributed by atoms with Crippen LogP contribution in [0.25, 0.3) is 0 Å². The third kappa shape index (κ3) is 4.97. The van der Waals surface area contributed by atoms with Crippen LogP contribution in [0.3, 0.4) is 0 Å². The molecule has 0 aromatic heterocycles. The highest BCUT2D eigenvalue weighted by Gasteiger charge is 2.48. The smallest absolute Gasteiger partial charge is 0.322 e. The van der Waals surface area contributed by atoms with Gasteiger partial charge in [-0.2, -0.15) is 9.31 Å². The second-order valence-corrected chi connectivity index (χ2v) is 10.3. The van der Waals surface area contributed by atoms with Crippen LogP contribution in [0.1, 0.15) is 48.7 Å². The summed E-state index contributed by atoms with van der Waals surface area (Å²) in [6, 6.07) is 13.1. The SMILES string of the molecule is CCN(CC)S(=O)(=O)c1cc(C(=O)NN2C(=O)N[C@](C)(CCc3ccccc3)C2=O)ccc1C. The Hall–Kier alpha value is -3.24. The zero-order chi connectivity index (χ0) is 25.1. The highest BCUT2D eigenvalue weighted by molar-refractivity contribution is 7.89. The van der Waals surface area contributed by atoms with Gasteiger partial charge in [0, 0.05) is 18.7 Å². The van der Waals surface area contributed by atoms with Crippen LogP contribution in [0, 0.1) is 6.92 Å². The number of rotatable bonds is 9. The number of carbonyl (C=O) groups excluding carboxylic acids is 3. The van der Waals surface area contributed by atoms with Crippen LogP contribution in [-0.2, 0) is 21.2 Å². The first kappa shape index (κ1) is 25.4. The van der Waals surface area contributed by atoms with Gasteiger partial charge >= 0.3 is 6.03 Å². The summed E-state index contributed by atoms with van der Waals surface area (Å²) in [5.74, 6) is -1.34. The van der Waals surface area contributed by atoms with Crippen LogP contribution in [0.2, 0.25) is 0 Å². The van der Waals surface area contributed by atoms with Gasteiger partial charge in [-0.3, -0.25) is 15.0 Å². The molecule has 1 saturated heterocycles. The maximum atomic E-state index is 13.0. The van der Waals surface area contributed by atoms with Gasteiger partial charge in [0.05, 0.1) is 4.90 Å². The van der Waals surface area contributed by atoms with Crippen molar-refractivity contribution in [2.75, 3.05) is 13.1 Å². The Morgan fingerprint density at radius 2 is 1.74 bits per heavy atom. The first-order valence-electron chi connectivity index (χ1n) is 11.2. The van der Waals surface area contributed by atoms with Crippen LogP contribution < -0.4 is 10.7 Å². The van der Waals surface area contributed by atoms with E-state index in [4.69, 9.17) is 0 Å². The summed E-state index contributed by atoms with van der Waals surface area (Å²) in [5, 5.41) is 3.31. The van der Waals surface area contributed by atoms with Gasteiger partial charge in [0.2, 0.25) is 10.0 Å². The Labute approximate surface area is 200 Å². The second-order valence-electron chi connectivity index (χ2n) is 8.40. The van der Waals surface area contributed by atoms with Crippen molar-refractivity contribution < 1.29 is 22.8 Å². The van der Waals surface area contributed by atoms with E-state index in [-0.39, 0.29) is 10.5 Å². The maximum Gasteiger partial charge on any atom is 0.344 e. The van der Waals surface area contributed by atoms with Crippen molar-refractivity contribution in [2.24, 2.45) is 0 Å². The van der Waals surface area contributed by atoms with E-state index in [9.17, 15) is 22.8 Å². The van der Waals surface area contributed by atoms with Crippen molar-refractivity contribution in [1.29, 1.82) is 0 Å². The minimum absolute atomic E-state index is 0.00810. The summed E-state index contributed by atoms with van der Waals surface area (Å²) in [4.78, 5) is 38.4. The zero-order valence-corrected chi connectivity index (χ0v) is 20.6. The predicted octanol–water partition coefficient (Wildman–Crippen LogP) is 2.61. The second kappa shape index (κ2) is 9.94. The van der Waals surface area contributed by atoms with Gasteiger partial charge in [-0.25, -0.2) is 13.2 Å². The van der Waals surface area contributed by atoms with Crippen molar-refractivity contribution in [2.45, 2.75) is 51.0 Å². The molecule has 10 heteroatoms. The number of nitrogens with one attached hydrogen (secondary N) is 2. The van der Waals surface area contributed by atoms with Gasteiger partial charge < -0.3 is 5.32 Å². The molecule has 1 aliphatic rings. The number of urea groups is 1. The molecular weight excluding hydrogens is 456 g/mol. The lowest BCUT2D eigenvalue weighted by Gasteiger charge is -2.22. The number of hydrogen-bond donors (Lipinski definition) is 2. The van der Waals surface area contributed by atoms with E-state index in [0.717, 1.165) is 5.56 Å². The molecule has 0 aliphatic carbocycles. The molecule has 2 aromatic carbocycles. The first-order chi connectivity index (χ1) is 16.0. The van der Waals surface area contributed by atoms with E-state index in [0.29, 0.717) is 36.5 Å². The molecule has 0 radical (unpaired) electrons. The van der Waals surface area contributed by atoms with Gasteiger partial charge in [0.25, 0.3) is 11.8 Å². The molecule has 9 nitrogen and oxygen atoms in total. The molecule has 1 heterocycles. The van der Waals surface area contributed by atoms with Crippen molar-refractivity contribution in [3.05, 3.63) is 65.2 Å². The number of hydrazine groups is 1. The lowest BCUT2D eigenvalue weighted by Crippen LogP contribution is -2.49. The van der Waals surface area contributed by atoms with E-state index in [1.54, 1.807) is 27.7 Å². The van der Waals surface area contributed by atoms with Crippen molar-refractivity contribution in [3.63, 3.8) is 0 Å². The molecule has 3 rings (SSSR count). The summed E-state index contributed by atoms with van der Waals surface area (Å²) in [6.45, 7) is 7.31. The lowest BCUT2D eigenvalue weighted by atomic mass is 9.93. The van der Waals surface area contributed by atoms with Crippen LogP contribution in [-0.4, -0.2) is 54.2 Å². The van der Waals surface area contributed by atoms with E-state index in [2.05, 4.69) is 10.7 Å². The van der Waals surface area contributed by atoms with E-state index in [1.807, 2.05) is 30.3 Å². The standard InChI is InChI=1S/C24H30N4O5S/c1-5-27(6-2)34(32,33)20-16-19(13-12-17(20)3)21(29)26-28-22(30)24(4,25-23(28)31)15-14-18-10-8-7-9-11-18/h7-13,16H,5-6,14-15H2,1-4H3,(H,25,31)(H,26,29)/t24-/m1/s1. The molecular formula is C24H30N4O5S. The fourth-order valence-electron chi connectivity index (χ4n) is 3.88. The summed E-state index contributed by atoms with van der Waals surface area (Å²) in [7, 11) is -3.80. The quantitative estimate of drug-likeness (QED) is 0.529. The minimum Gasteiger partial charge on any atom is -0.322 e. The Kier molecular flexibility index (Phi) is 7.42. The number of amides is 4. The Morgan fingerprint density at radius 3 is 2.35 bits per heavy atom. The fraction of sp³-hybridized carbons (Fsp3) is 0.375. The van der Waals surface area contributed by atoms with E-state index >= 15 is 0 Å². The van der Waals surface area contributed by atoms with Crippen LogP contribution in [0.5, 0.6) is 0 Å². The number of imide groups is 1. The Balaban J connectivity index is 1.78. The molecule has 0 spiro atoms. The zero-order valence-electron chi connectivity index (χ0n) is 19.8. The topological polar surface area (TPSA) is 116 Å². The van der Waals surface area contributed by atoms with Crippen molar-refractivity contribution >= 4 is 27.9 Å². The molecule has 1 atom stereocenters. The van der Waals surface area contributed by atoms with Gasteiger partial charge in [-0.15, -0.1) is 0 Å². The van der Waals surface area contributed by atoms with Crippen molar-refractivity contribution in [3.8, 4) is 0 Å².